The largest absolute Gasteiger partial charge is 0.506 e. The topological polar surface area (TPSA) is 131 Å². The first-order valence-corrected chi connectivity index (χ1v) is 12.1. The van der Waals surface area contributed by atoms with Crippen molar-refractivity contribution in [3.05, 3.63) is 93.8 Å². The van der Waals surface area contributed by atoms with Crippen LogP contribution in [-0.4, -0.2) is 35.4 Å². The molecule has 3 aromatic heterocycles. The number of phenolic OH excluding ortho intramolecular Hbond substituents is 1. The Hall–Kier alpha value is -4.57. The average molecular weight is 530 g/mol. The van der Waals surface area contributed by atoms with Crippen LogP contribution in [0.1, 0.15) is 35.0 Å². The number of halogens is 2. The van der Waals surface area contributed by atoms with Crippen LogP contribution in [0.3, 0.4) is 0 Å². The van der Waals surface area contributed by atoms with Gasteiger partial charge in [0.25, 0.3) is 0 Å². The van der Waals surface area contributed by atoms with Gasteiger partial charge in [-0.15, -0.1) is 0 Å². The molecule has 0 aliphatic carbocycles. The van der Waals surface area contributed by atoms with E-state index in [0.29, 0.717) is 33.7 Å². The molecule has 38 heavy (non-hydrogen) atoms. The highest BCUT2D eigenvalue weighted by atomic mass is 35.5. The van der Waals surface area contributed by atoms with E-state index in [1.54, 1.807) is 41.8 Å². The van der Waals surface area contributed by atoms with Gasteiger partial charge >= 0.3 is 0 Å². The van der Waals surface area contributed by atoms with E-state index in [0.717, 1.165) is 5.69 Å². The SMILES string of the molecule is Cc1cn2cc(-c3nc(N)c4c(n3)NC(=O)C4(C)c3ccc(Cl)c(O)c3)nc(Cc3ccccc3F)c2n1. The number of nitrogens with two attached hydrogens (primary N) is 1. The number of amides is 1. The number of nitrogen functional groups attached to an aromatic ring is 1. The predicted octanol–water partition coefficient (Wildman–Crippen LogP) is 4.42. The number of carbonyl (C=O) groups excluding carboxylic acids is 1. The molecule has 0 radical (unpaired) electrons. The number of nitrogens with one attached hydrogen (secondary N) is 1. The Morgan fingerprint density at radius 2 is 1.92 bits per heavy atom. The third kappa shape index (κ3) is 3.64. The van der Waals surface area contributed by atoms with Gasteiger partial charge in [0.15, 0.2) is 11.5 Å². The Bertz CT molecular complexity index is 1790. The van der Waals surface area contributed by atoms with Crippen molar-refractivity contribution in [2.24, 2.45) is 0 Å². The minimum Gasteiger partial charge on any atom is -0.506 e. The number of imidazole rings is 1. The van der Waals surface area contributed by atoms with E-state index in [1.165, 1.54) is 18.2 Å². The first kappa shape index (κ1) is 23.8. The van der Waals surface area contributed by atoms with E-state index in [1.807, 2.05) is 13.1 Å². The van der Waals surface area contributed by atoms with Gasteiger partial charge in [-0.25, -0.2) is 24.3 Å². The van der Waals surface area contributed by atoms with Crippen molar-refractivity contribution in [2.45, 2.75) is 25.7 Å². The van der Waals surface area contributed by atoms with Crippen LogP contribution in [-0.2, 0) is 16.6 Å². The number of nitrogens with zero attached hydrogens (tertiary/aromatic N) is 5. The quantitative estimate of drug-likeness (QED) is 0.314. The fourth-order valence-corrected chi connectivity index (χ4v) is 4.97. The van der Waals surface area contributed by atoms with Crippen LogP contribution in [0, 0.1) is 12.7 Å². The van der Waals surface area contributed by atoms with Crippen molar-refractivity contribution < 1.29 is 14.3 Å². The molecule has 9 nitrogen and oxygen atoms in total. The van der Waals surface area contributed by atoms with E-state index < -0.39 is 5.41 Å². The van der Waals surface area contributed by atoms with Crippen molar-refractivity contribution in [1.29, 1.82) is 0 Å². The standard InChI is InChI=1S/C27H21ClFN7O2/c1-13-11-36-12-19(32-18(25(36)31-13)9-14-5-3-4-6-17(14)29)23-33-22(30)21-24(34-23)35-26(38)27(21,2)15-7-8-16(28)20(37)10-15/h3-8,10-12,37H,9H2,1-2H3,(H3,30,33,34,35,38). The molecule has 1 atom stereocenters. The number of aromatic hydroxyl groups is 1. The number of anilines is 2. The molecular weight excluding hydrogens is 509 g/mol. The van der Waals surface area contributed by atoms with E-state index in [-0.39, 0.29) is 46.4 Å². The molecule has 1 aliphatic rings. The zero-order chi connectivity index (χ0) is 26.8. The molecule has 190 valence electrons. The molecule has 1 unspecified atom stereocenters. The number of carbonyl (C=O) groups is 1. The van der Waals surface area contributed by atoms with Crippen LogP contribution < -0.4 is 11.1 Å². The molecule has 2 aromatic carbocycles. The van der Waals surface area contributed by atoms with E-state index in [2.05, 4.69) is 20.3 Å². The van der Waals surface area contributed by atoms with Crippen molar-refractivity contribution in [1.82, 2.24) is 24.3 Å². The van der Waals surface area contributed by atoms with Crippen molar-refractivity contribution in [2.75, 3.05) is 11.1 Å². The van der Waals surface area contributed by atoms with E-state index in [4.69, 9.17) is 22.3 Å². The van der Waals surface area contributed by atoms with Gasteiger partial charge in [-0.1, -0.05) is 35.9 Å². The molecule has 0 saturated heterocycles. The second kappa shape index (κ2) is 8.49. The predicted molar refractivity (Wildman–Crippen MR) is 141 cm³/mol. The van der Waals surface area contributed by atoms with Gasteiger partial charge in [-0.3, -0.25) is 4.79 Å². The Balaban J connectivity index is 1.48. The molecule has 0 fully saturated rings. The molecule has 1 amide bonds. The number of fused-ring (bicyclic) bond motifs is 2. The molecule has 5 aromatic rings. The summed E-state index contributed by atoms with van der Waals surface area (Å²) in [5.74, 6) is -0.352. The van der Waals surface area contributed by atoms with Gasteiger partial charge in [0.1, 0.15) is 34.3 Å². The van der Waals surface area contributed by atoms with Crippen LogP contribution in [0.2, 0.25) is 5.02 Å². The molecule has 4 heterocycles. The second-order valence-electron chi connectivity index (χ2n) is 9.36. The molecule has 4 N–H and O–H groups in total. The first-order chi connectivity index (χ1) is 18.1. The van der Waals surface area contributed by atoms with Gasteiger partial charge < -0.3 is 20.6 Å². The minimum atomic E-state index is -1.26. The highest BCUT2D eigenvalue weighted by molar-refractivity contribution is 6.32. The summed E-state index contributed by atoms with van der Waals surface area (Å²) in [4.78, 5) is 31.6. The lowest BCUT2D eigenvalue weighted by molar-refractivity contribution is -0.119. The molecule has 0 saturated carbocycles. The summed E-state index contributed by atoms with van der Waals surface area (Å²) < 4.78 is 16.2. The highest BCUT2D eigenvalue weighted by Gasteiger charge is 2.47. The normalized spacial score (nSPS) is 16.6. The highest BCUT2D eigenvalue weighted by Crippen LogP contribution is 2.46. The molecule has 0 spiro atoms. The van der Waals surface area contributed by atoms with E-state index in [9.17, 15) is 14.3 Å². The van der Waals surface area contributed by atoms with Gasteiger partial charge in [0.05, 0.1) is 22.0 Å². The lowest BCUT2D eigenvalue weighted by Gasteiger charge is -2.23. The van der Waals surface area contributed by atoms with Gasteiger partial charge in [0.2, 0.25) is 5.91 Å². The Morgan fingerprint density at radius 1 is 1.13 bits per heavy atom. The summed E-state index contributed by atoms with van der Waals surface area (Å²) in [7, 11) is 0. The lowest BCUT2D eigenvalue weighted by atomic mass is 9.77. The van der Waals surface area contributed by atoms with Crippen molar-refractivity contribution >= 4 is 34.8 Å². The van der Waals surface area contributed by atoms with Crippen LogP contribution in [0.5, 0.6) is 5.75 Å². The first-order valence-electron chi connectivity index (χ1n) is 11.7. The number of aryl methyl sites for hydroxylation is 1. The number of rotatable bonds is 4. The van der Waals surface area contributed by atoms with Crippen LogP contribution >= 0.6 is 11.6 Å². The summed E-state index contributed by atoms with van der Waals surface area (Å²) in [5, 5.41) is 13.1. The fourth-order valence-electron chi connectivity index (χ4n) is 4.85. The second-order valence-corrected chi connectivity index (χ2v) is 9.76. The Kier molecular flexibility index (Phi) is 5.32. The summed E-state index contributed by atoms with van der Waals surface area (Å²) in [6, 6.07) is 11.1. The maximum atomic E-state index is 14.4. The number of phenols is 1. The third-order valence-electron chi connectivity index (χ3n) is 6.82. The zero-order valence-electron chi connectivity index (χ0n) is 20.3. The number of hydrogen-bond acceptors (Lipinski definition) is 7. The smallest absolute Gasteiger partial charge is 0.240 e. The Labute approximate surface area is 221 Å². The van der Waals surface area contributed by atoms with Crippen LogP contribution in [0.25, 0.3) is 17.2 Å². The monoisotopic (exact) mass is 529 g/mol. The van der Waals surface area contributed by atoms with Crippen molar-refractivity contribution in [3.8, 4) is 17.3 Å². The summed E-state index contributed by atoms with van der Waals surface area (Å²) >= 11 is 5.97. The van der Waals surface area contributed by atoms with Crippen LogP contribution in [0.15, 0.2) is 54.9 Å². The van der Waals surface area contributed by atoms with Crippen LogP contribution in [0.4, 0.5) is 16.0 Å². The fraction of sp³-hybridized carbons (Fsp3) is 0.148. The summed E-state index contributed by atoms with van der Waals surface area (Å²) in [5.41, 5.74) is 8.79. The Morgan fingerprint density at radius 3 is 2.68 bits per heavy atom. The zero-order valence-corrected chi connectivity index (χ0v) is 21.1. The number of hydrogen-bond donors (Lipinski definition) is 3. The van der Waals surface area contributed by atoms with Gasteiger partial charge in [-0.2, -0.15) is 0 Å². The molecule has 6 rings (SSSR count). The van der Waals surface area contributed by atoms with Gasteiger partial charge in [-0.05, 0) is 43.2 Å². The van der Waals surface area contributed by atoms with Crippen molar-refractivity contribution in [3.63, 3.8) is 0 Å². The lowest BCUT2D eigenvalue weighted by Crippen LogP contribution is -2.32. The molecule has 0 bridgehead atoms. The van der Waals surface area contributed by atoms with E-state index >= 15 is 0 Å². The maximum absolute atomic E-state index is 14.4. The summed E-state index contributed by atoms with van der Waals surface area (Å²) in [6.45, 7) is 3.54. The average Bonchev–Trinajstić information content (AvgIpc) is 3.38. The third-order valence-corrected chi connectivity index (χ3v) is 7.14. The summed E-state index contributed by atoms with van der Waals surface area (Å²) in [6.07, 6.45) is 3.75. The molecule has 1 aliphatic heterocycles. The molecular formula is C27H21ClFN7O2. The number of benzene rings is 2. The van der Waals surface area contributed by atoms with Gasteiger partial charge in [0, 0.05) is 18.8 Å². The number of aromatic nitrogens is 5. The maximum Gasteiger partial charge on any atom is 0.240 e. The minimum absolute atomic E-state index is 0.0830. The molecule has 11 heteroatoms.